The summed E-state index contributed by atoms with van der Waals surface area (Å²) in [7, 11) is 0. The van der Waals surface area contributed by atoms with Crippen LogP contribution in [0.4, 0.5) is 5.69 Å². The fourth-order valence-electron chi connectivity index (χ4n) is 1.85. The number of amides is 1. The van der Waals surface area contributed by atoms with Crippen molar-refractivity contribution in [2.45, 2.75) is 20.3 Å². The van der Waals surface area contributed by atoms with E-state index in [-0.39, 0.29) is 5.57 Å². The number of hydrogen-bond donors (Lipinski definition) is 2. The van der Waals surface area contributed by atoms with Gasteiger partial charge in [0, 0.05) is 31.6 Å². The first kappa shape index (κ1) is 20.2. The average Bonchev–Trinajstić information content (AvgIpc) is 2.62. The number of carbonyl (C=O) groups excluding carboxylic acids is 2. The summed E-state index contributed by atoms with van der Waals surface area (Å²) in [4.78, 5) is 23.6. The van der Waals surface area contributed by atoms with Crippen LogP contribution in [0.15, 0.2) is 36.0 Å². The molecule has 0 saturated heterocycles. The van der Waals surface area contributed by atoms with Gasteiger partial charge in [0.1, 0.15) is 11.6 Å². The molecule has 0 aliphatic carbocycles. The lowest BCUT2D eigenvalue weighted by Gasteiger charge is -2.06. The third kappa shape index (κ3) is 7.50. The molecule has 0 aliphatic heterocycles. The van der Waals surface area contributed by atoms with Crippen LogP contribution < -0.4 is 10.6 Å². The molecule has 0 radical (unpaired) electrons. The van der Waals surface area contributed by atoms with Crippen molar-refractivity contribution in [2.24, 2.45) is 0 Å². The topological polar surface area (TPSA) is 100 Å². The van der Waals surface area contributed by atoms with Gasteiger partial charge in [-0.25, -0.2) is 4.79 Å². The molecular formula is C18H23N3O4. The Morgan fingerprint density at radius 3 is 2.52 bits per heavy atom. The zero-order valence-electron chi connectivity index (χ0n) is 14.5. The minimum atomic E-state index is -0.524. The van der Waals surface area contributed by atoms with Crippen LogP contribution in [0.1, 0.15) is 30.6 Å². The Morgan fingerprint density at radius 1 is 1.20 bits per heavy atom. The smallest absolute Gasteiger partial charge is 0.338 e. The van der Waals surface area contributed by atoms with E-state index in [0.717, 1.165) is 6.42 Å². The summed E-state index contributed by atoms with van der Waals surface area (Å²) in [5.41, 5.74) is 0.841. The Balaban J connectivity index is 2.55. The highest BCUT2D eigenvalue weighted by molar-refractivity contribution is 6.06. The summed E-state index contributed by atoms with van der Waals surface area (Å²) in [6.07, 6.45) is 2.16. The van der Waals surface area contributed by atoms with Crippen molar-refractivity contribution in [3.63, 3.8) is 0 Å². The number of ether oxygens (including phenoxy) is 2. The summed E-state index contributed by atoms with van der Waals surface area (Å²) >= 11 is 0. The lowest BCUT2D eigenvalue weighted by Crippen LogP contribution is -2.18. The zero-order valence-corrected chi connectivity index (χ0v) is 14.5. The highest BCUT2D eigenvalue weighted by atomic mass is 16.5. The molecule has 1 rings (SSSR count). The van der Waals surface area contributed by atoms with Crippen molar-refractivity contribution in [3.05, 3.63) is 41.6 Å². The molecule has 1 aromatic rings. The monoisotopic (exact) mass is 345 g/mol. The van der Waals surface area contributed by atoms with Crippen molar-refractivity contribution in [2.75, 3.05) is 31.7 Å². The summed E-state index contributed by atoms with van der Waals surface area (Å²) in [6, 6.07) is 8.11. The van der Waals surface area contributed by atoms with Crippen LogP contribution >= 0.6 is 0 Å². The molecule has 0 atom stereocenters. The quantitative estimate of drug-likeness (QED) is 0.292. The predicted molar refractivity (Wildman–Crippen MR) is 93.8 cm³/mol. The number of hydrogen-bond acceptors (Lipinski definition) is 6. The van der Waals surface area contributed by atoms with Gasteiger partial charge in [-0.1, -0.05) is 0 Å². The Labute approximate surface area is 147 Å². The van der Waals surface area contributed by atoms with Crippen LogP contribution in [-0.4, -0.2) is 38.2 Å². The molecule has 0 heterocycles. The number of nitrogens with zero attached hydrogens (tertiary/aromatic N) is 1. The first-order chi connectivity index (χ1) is 12.1. The number of rotatable bonds is 10. The van der Waals surface area contributed by atoms with Crippen LogP contribution in [0, 0.1) is 11.3 Å². The number of esters is 1. The van der Waals surface area contributed by atoms with Crippen LogP contribution in [0.3, 0.4) is 0 Å². The van der Waals surface area contributed by atoms with Crippen molar-refractivity contribution in [1.29, 1.82) is 5.26 Å². The fourth-order valence-corrected chi connectivity index (χ4v) is 1.85. The third-order valence-electron chi connectivity index (χ3n) is 3.08. The number of carbonyl (C=O) groups is 2. The molecule has 0 saturated carbocycles. The Kier molecular flexibility index (Phi) is 9.41. The predicted octanol–water partition coefficient (Wildman–Crippen LogP) is 2.23. The number of anilines is 1. The molecule has 0 aromatic heterocycles. The van der Waals surface area contributed by atoms with E-state index in [1.165, 1.54) is 6.20 Å². The van der Waals surface area contributed by atoms with E-state index in [9.17, 15) is 9.59 Å². The van der Waals surface area contributed by atoms with Crippen LogP contribution in [0.25, 0.3) is 0 Å². The van der Waals surface area contributed by atoms with Crippen molar-refractivity contribution < 1.29 is 19.1 Å². The molecule has 134 valence electrons. The Morgan fingerprint density at radius 2 is 1.92 bits per heavy atom. The van der Waals surface area contributed by atoms with E-state index in [1.807, 2.05) is 13.0 Å². The van der Waals surface area contributed by atoms with Gasteiger partial charge in [-0.2, -0.15) is 5.26 Å². The molecule has 25 heavy (non-hydrogen) atoms. The van der Waals surface area contributed by atoms with Crippen LogP contribution in [0.2, 0.25) is 0 Å². The normalized spacial score (nSPS) is 10.7. The number of benzene rings is 1. The summed E-state index contributed by atoms with van der Waals surface area (Å²) in [6.45, 7) is 5.84. The molecule has 1 aromatic carbocycles. The largest absolute Gasteiger partial charge is 0.462 e. The first-order valence-corrected chi connectivity index (χ1v) is 8.12. The van der Waals surface area contributed by atoms with E-state index < -0.39 is 11.9 Å². The van der Waals surface area contributed by atoms with Gasteiger partial charge >= 0.3 is 5.97 Å². The van der Waals surface area contributed by atoms with E-state index >= 15 is 0 Å². The summed E-state index contributed by atoms with van der Waals surface area (Å²) in [5.74, 6) is -0.946. The van der Waals surface area contributed by atoms with Gasteiger partial charge in [0.05, 0.1) is 12.2 Å². The fraction of sp³-hybridized carbons (Fsp3) is 0.389. The lowest BCUT2D eigenvalue weighted by molar-refractivity contribution is -0.112. The molecule has 7 heteroatoms. The van der Waals surface area contributed by atoms with Crippen molar-refractivity contribution >= 4 is 17.6 Å². The zero-order chi connectivity index (χ0) is 18.5. The van der Waals surface area contributed by atoms with Gasteiger partial charge < -0.3 is 20.1 Å². The summed E-state index contributed by atoms with van der Waals surface area (Å²) < 4.78 is 10.1. The van der Waals surface area contributed by atoms with E-state index in [1.54, 1.807) is 31.2 Å². The maximum atomic E-state index is 12.1. The Bertz CT molecular complexity index is 633. The van der Waals surface area contributed by atoms with Crippen LogP contribution in [0.5, 0.6) is 0 Å². The second-order valence-electron chi connectivity index (χ2n) is 4.93. The van der Waals surface area contributed by atoms with Gasteiger partial charge in [0.2, 0.25) is 0 Å². The summed E-state index contributed by atoms with van der Waals surface area (Å²) in [5, 5.41) is 14.6. The van der Waals surface area contributed by atoms with Crippen LogP contribution in [-0.2, 0) is 14.3 Å². The third-order valence-corrected chi connectivity index (χ3v) is 3.08. The maximum absolute atomic E-state index is 12.1. The molecule has 2 N–H and O–H groups in total. The highest BCUT2D eigenvalue weighted by Gasteiger charge is 2.10. The maximum Gasteiger partial charge on any atom is 0.338 e. The lowest BCUT2D eigenvalue weighted by atomic mass is 10.2. The van der Waals surface area contributed by atoms with E-state index in [4.69, 9.17) is 14.7 Å². The highest BCUT2D eigenvalue weighted by Crippen LogP contribution is 2.11. The van der Waals surface area contributed by atoms with Gasteiger partial charge in [-0.3, -0.25) is 4.79 Å². The minimum Gasteiger partial charge on any atom is -0.462 e. The van der Waals surface area contributed by atoms with Gasteiger partial charge in [0.25, 0.3) is 5.91 Å². The molecule has 0 bridgehead atoms. The van der Waals surface area contributed by atoms with E-state index in [2.05, 4.69) is 10.6 Å². The van der Waals surface area contributed by atoms with Crippen molar-refractivity contribution in [1.82, 2.24) is 5.32 Å². The number of nitrogens with one attached hydrogen (secondary N) is 2. The molecule has 0 fully saturated rings. The Hall–Kier alpha value is -2.85. The molecular weight excluding hydrogens is 322 g/mol. The second-order valence-corrected chi connectivity index (χ2v) is 4.93. The SMILES string of the molecule is CCOCCCN/C=C(/C#N)C(=O)Nc1ccc(C(=O)OCC)cc1. The average molecular weight is 345 g/mol. The molecule has 0 spiro atoms. The van der Waals surface area contributed by atoms with Gasteiger partial charge in [0.15, 0.2) is 0 Å². The molecule has 1 amide bonds. The molecule has 0 aliphatic rings. The number of nitriles is 1. The first-order valence-electron chi connectivity index (χ1n) is 8.12. The molecule has 7 nitrogen and oxygen atoms in total. The van der Waals surface area contributed by atoms with Gasteiger partial charge in [-0.05, 0) is 44.5 Å². The second kappa shape index (κ2) is 11.6. The van der Waals surface area contributed by atoms with E-state index in [0.29, 0.717) is 37.6 Å². The van der Waals surface area contributed by atoms with Gasteiger partial charge in [-0.15, -0.1) is 0 Å². The standard InChI is InChI=1S/C18H23N3O4/c1-3-24-11-5-10-20-13-15(12-19)17(22)21-16-8-6-14(7-9-16)18(23)25-4-2/h6-9,13,20H,3-5,10-11H2,1-2H3,(H,21,22)/b15-13-. The minimum absolute atomic E-state index is 0.0362. The molecule has 0 unspecified atom stereocenters. The van der Waals surface area contributed by atoms with Crippen molar-refractivity contribution in [3.8, 4) is 6.07 Å².